The number of hydrogen-bond donors (Lipinski definition) is 1. The summed E-state index contributed by atoms with van der Waals surface area (Å²) in [4.78, 5) is 0. The smallest absolute Gasteiger partial charge is 0.179 e. The fourth-order valence-electron chi connectivity index (χ4n) is 1.62. The molecule has 96 valence electrons. The largest absolute Gasteiger partial charge is 0.453 e. The highest BCUT2D eigenvalue weighted by molar-refractivity contribution is 9.10. The lowest BCUT2D eigenvalue weighted by molar-refractivity contribution is 0.314. The van der Waals surface area contributed by atoms with E-state index in [1.54, 1.807) is 24.3 Å². The van der Waals surface area contributed by atoms with Crippen molar-refractivity contribution in [1.82, 2.24) is 10.3 Å². The van der Waals surface area contributed by atoms with Crippen LogP contribution in [0.2, 0.25) is 5.02 Å². The van der Waals surface area contributed by atoms with Gasteiger partial charge in [0.15, 0.2) is 16.8 Å². The number of hydrogen-bond acceptors (Lipinski definition) is 5. The van der Waals surface area contributed by atoms with Crippen LogP contribution in [0.25, 0.3) is 11.0 Å². The average Bonchev–Trinajstić information content (AvgIpc) is 2.86. The Morgan fingerprint density at radius 3 is 2.63 bits per heavy atom. The van der Waals surface area contributed by atoms with Gasteiger partial charge >= 0.3 is 0 Å². The van der Waals surface area contributed by atoms with E-state index in [9.17, 15) is 0 Å². The maximum Gasteiger partial charge on any atom is 0.179 e. The molecule has 3 rings (SSSR count). The molecule has 2 N–H and O–H groups in total. The summed E-state index contributed by atoms with van der Waals surface area (Å²) in [5.41, 5.74) is 7.16. The number of nitrogens with two attached hydrogens (primary N) is 1. The lowest BCUT2D eigenvalue weighted by Crippen LogP contribution is -1.90. The van der Waals surface area contributed by atoms with Gasteiger partial charge in [-0.15, -0.1) is 0 Å². The predicted octanol–water partition coefficient (Wildman–Crippen LogP) is 4.01. The van der Waals surface area contributed by atoms with Crippen molar-refractivity contribution in [3.8, 4) is 11.5 Å². The summed E-state index contributed by atoms with van der Waals surface area (Å²) in [7, 11) is 0. The van der Waals surface area contributed by atoms with Gasteiger partial charge in [0.1, 0.15) is 5.75 Å². The van der Waals surface area contributed by atoms with Crippen LogP contribution in [0.1, 0.15) is 0 Å². The summed E-state index contributed by atoms with van der Waals surface area (Å²) >= 11 is 9.43. The molecule has 1 aromatic heterocycles. The first-order valence-electron chi connectivity index (χ1n) is 5.29. The third-order valence-corrected chi connectivity index (χ3v) is 3.31. The number of nitrogen functional groups attached to an aromatic ring is 1. The number of fused-ring (bicyclic) bond motifs is 1. The fourth-order valence-corrected chi connectivity index (χ4v) is 2.33. The number of benzene rings is 2. The van der Waals surface area contributed by atoms with Crippen LogP contribution >= 0.6 is 27.5 Å². The van der Waals surface area contributed by atoms with E-state index in [0.29, 0.717) is 33.2 Å². The standard InChI is InChI=1S/C12H7BrClN3O2/c13-6-1-3-9(7(14)5-6)18-10-4-2-8(15)11-12(10)17-19-16-11/h1-5H,15H2. The summed E-state index contributed by atoms with van der Waals surface area (Å²) in [6, 6.07) is 8.69. The van der Waals surface area contributed by atoms with Gasteiger partial charge in [-0.25, -0.2) is 4.63 Å². The number of rotatable bonds is 2. The molecular weight excluding hydrogens is 334 g/mol. The highest BCUT2D eigenvalue weighted by atomic mass is 79.9. The van der Waals surface area contributed by atoms with E-state index in [0.717, 1.165) is 4.47 Å². The zero-order chi connectivity index (χ0) is 13.4. The Labute approximate surface area is 121 Å². The Morgan fingerprint density at radius 1 is 1.11 bits per heavy atom. The molecule has 2 aromatic carbocycles. The summed E-state index contributed by atoms with van der Waals surface area (Å²) in [6.07, 6.45) is 0. The highest BCUT2D eigenvalue weighted by Gasteiger charge is 2.13. The van der Waals surface area contributed by atoms with E-state index in [2.05, 4.69) is 30.9 Å². The minimum Gasteiger partial charge on any atom is -0.453 e. The second kappa shape index (κ2) is 4.71. The van der Waals surface area contributed by atoms with E-state index in [4.69, 9.17) is 22.1 Å². The highest BCUT2D eigenvalue weighted by Crippen LogP contribution is 2.35. The molecule has 5 nitrogen and oxygen atoms in total. The first-order chi connectivity index (χ1) is 9.15. The Balaban J connectivity index is 2.06. The quantitative estimate of drug-likeness (QED) is 0.713. The molecule has 19 heavy (non-hydrogen) atoms. The lowest BCUT2D eigenvalue weighted by atomic mass is 10.2. The molecule has 0 radical (unpaired) electrons. The summed E-state index contributed by atoms with van der Waals surface area (Å²) in [6.45, 7) is 0. The van der Waals surface area contributed by atoms with Gasteiger partial charge in [-0.05, 0) is 40.6 Å². The number of halogens is 2. The predicted molar refractivity (Wildman–Crippen MR) is 75.4 cm³/mol. The van der Waals surface area contributed by atoms with Crippen LogP contribution in [0.3, 0.4) is 0 Å². The molecule has 7 heteroatoms. The molecule has 3 aromatic rings. The van der Waals surface area contributed by atoms with Crippen molar-refractivity contribution < 1.29 is 9.37 Å². The number of nitrogens with zero attached hydrogens (tertiary/aromatic N) is 2. The van der Waals surface area contributed by atoms with Crippen molar-refractivity contribution in [1.29, 1.82) is 0 Å². The van der Waals surface area contributed by atoms with E-state index in [-0.39, 0.29) is 0 Å². The first kappa shape index (κ1) is 12.3. The van der Waals surface area contributed by atoms with Crippen LogP contribution in [-0.4, -0.2) is 10.3 Å². The Hall–Kier alpha value is -1.79. The minimum atomic E-state index is 0.457. The van der Waals surface area contributed by atoms with Crippen molar-refractivity contribution in [2.24, 2.45) is 0 Å². The molecular formula is C12H7BrClN3O2. The summed E-state index contributed by atoms with van der Waals surface area (Å²) < 4.78 is 11.3. The van der Waals surface area contributed by atoms with Gasteiger partial charge in [0.25, 0.3) is 0 Å². The second-order valence-electron chi connectivity index (χ2n) is 3.79. The normalized spacial score (nSPS) is 10.8. The Morgan fingerprint density at radius 2 is 1.84 bits per heavy atom. The average molecular weight is 341 g/mol. The lowest BCUT2D eigenvalue weighted by Gasteiger charge is -2.08. The minimum absolute atomic E-state index is 0.457. The Bertz CT molecular complexity index is 760. The van der Waals surface area contributed by atoms with Crippen LogP contribution in [-0.2, 0) is 0 Å². The molecule has 0 bridgehead atoms. The van der Waals surface area contributed by atoms with Crippen molar-refractivity contribution in [2.45, 2.75) is 0 Å². The zero-order valence-electron chi connectivity index (χ0n) is 9.43. The molecule has 0 aliphatic carbocycles. The maximum absolute atomic E-state index is 6.10. The number of ether oxygens (including phenoxy) is 1. The third-order valence-electron chi connectivity index (χ3n) is 2.52. The van der Waals surface area contributed by atoms with E-state index < -0.39 is 0 Å². The number of anilines is 1. The monoisotopic (exact) mass is 339 g/mol. The van der Waals surface area contributed by atoms with E-state index >= 15 is 0 Å². The SMILES string of the molecule is Nc1ccc(Oc2ccc(Br)cc2Cl)c2nonc12. The van der Waals surface area contributed by atoms with Crippen LogP contribution in [0.4, 0.5) is 5.69 Å². The van der Waals surface area contributed by atoms with Crippen LogP contribution in [0, 0.1) is 0 Å². The Kier molecular flexibility index (Phi) is 3.04. The van der Waals surface area contributed by atoms with Crippen LogP contribution in [0.15, 0.2) is 39.4 Å². The van der Waals surface area contributed by atoms with Crippen molar-refractivity contribution in [3.05, 3.63) is 39.8 Å². The molecule has 0 spiro atoms. The molecule has 0 aliphatic heterocycles. The molecule has 0 unspecified atom stereocenters. The van der Waals surface area contributed by atoms with Gasteiger partial charge in [-0.3, -0.25) is 0 Å². The fraction of sp³-hybridized carbons (Fsp3) is 0. The molecule has 0 saturated carbocycles. The van der Waals surface area contributed by atoms with Crippen molar-refractivity contribution in [3.63, 3.8) is 0 Å². The first-order valence-corrected chi connectivity index (χ1v) is 6.46. The topological polar surface area (TPSA) is 74.2 Å². The van der Waals surface area contributed by atoms with Crippen LogP contribution < -0.4 is 10.5 Å². The number of aromatic nitrogens is 2. The van der Waals surface area contributed by atoms with Crippen molar-refractivity contribution >= 4 is 44.3 Å². The van der Waals surface area contributed by atoms with Gasteiger partial charge in [0.05, 0.1) is 10.7 Å². The van der Waals surface area contributed by atoms with E-state index in [1.165, 1.54) is 0 Å². The third kappa shape index (κ3) is 2.24. The molecule has 0 amide bonds. The maximum atomic E-state index is 6.10. The van der Waals surface area contributed by atoms with Gasteiger partial charge in [-0.1, -0.05) is 27.5 Å². The second-order valence-corrected chi connectivity index (χ2v) is 5.11. The van der Waals surface area contributed by atoms with Gasteiger partial charge in [-0.2, -0.15) is 0 Å². The van der Waals surface area contributed by atoms with Gasteiger partial charge in [0, 0.05) is 4.47 Å². The van der Waals surface area contributed by atoms with E-state index in [1.807, 2.05) is 6.07 Å². The summed E-state index contributed by atoms with van der Waals surface area (Å²) in [5.74, 6) is 0.994. The molecule has 1 heterocycles. The molecule has 0 atom stereocenters. The summed E-state index contributed by atoms with van der Waals surface area (Å²) in [5, 5.41) is 7.99. The molecule has 0 saturated heterocycles. The molecule has 0 aliphatic rings. The van der Waals surface area contributed by atoms with Crippen LogP contribution in [0.5, 0.6) is 11.5 Å². The van der Waals surface area contributed by atoms with Gasteiger partial charge < -0.3 is 10.5 Å². The molecule has 0 fully saturated rings. The van der Waals surface area contributed by atoms with Crippen molar-refractivity contribution in [2.75, 3.05) is 5.73 Å². The zero-order valence-corrected chi connectivity index (χ0v) is 11.8. The van der Waals surface area contributed by atoms with Gasteiger partial charge in [0.2, 0.25) is 0 Å².